The van der Waals surface area contributed by atoms with Crippen molar-refractivity contribution in [2.75, 3.05) is 11.9 Å². The lowest BCUT2D eigenvalue weighted by molar-refractivity contribution is -0.128. The van der Waals surface area contributed by atoms with Crippen LogP contribution in [-0.2, 0) is 27.8 Å². The van der Waals surface area contributed by atoms with E-state index < -0.39 is 16.9 Å². The first-order valence-corrected chi connectivity index (χ1v) is 13.7. The minimum Gasteiger partial charge on any atom is -0.310 e. The molecule has 4 aliphatic rings. The number of halogens is 1. The third-order valence-electron chi connectivity index (χ3n) is 8.86. The van der Waals surface area contributed by atoms with Crippen LogP contribution in [0.25, 0.3) is 6.08 Å². The highest BCUT2D eigenvalue weighted by Gasteiger charge is 2.51. The number of benzene rings is 2. The van der Waals surface area contributed by atoms with Crippen LogP contribution in [-0.4, -0.2) is 39.6 Å². The smallest absolute Gasteiger partial charge is 0.275 e. The number of nitrogens with zero attached hydrogens (tertiary/aromatic N) is 3. The Morgan fingerprint density at radius 2 is 1.79 bits per heavy atom. The molecule has 1 aromatic heterocycles. The summed E-state index contributed by atoms with van der Waals surface area (Å²) in [6, 6.07) is 16.6. The van der Waals surface area contributed by atoms with Gasteiger partial charge in [0.1, 0.15) is 23.0 Å². The molecule has 7 rings (SSSR count). The third kappa shape index (κ3) is 3.74. The highest BCUT2D eigenvalue weighted by Crippen LogP contribution is 2.46. The van der Waals surface area contributed by atoms with Crippen molar-refractivity contribution in [3.05, 3.63) is 101 Å². The molecule has 1 fully saturated rings. The summed E-state index contributed by atoms with van der Waals surface area (Å²) >= 11 is 0. The summed E-state index contributed by atoms with van der Waals surface area (Å²) in [6.45, 7) is 0.406. The van der Waals surface area contributed by atoms with Gasteiger partial charge in [0.2, 0.25) is 5.91 Å². The van der Waals surface area contributed by atoms with Crippen LogP contribution in [0.15, 0.2) is 71.9 Å². The van der Waals surface area contributed by atoms with Crippen molar-refractivity contribution in [3.8, 4) is 0 Å². The fraction of sp³-hybridized carbons (Fsp3) is 0.312. The summed E-state index contributed by atoms with van der Waals surface area (Å²) in [5, 5.41) is 2.96. The Balaban J connectivity index is 1.12. The van der Waals surface area contributed by atoms with Gasteiger partial charge < -0.3 is 10.2 Å². The van der Waals surface area contributed by atoms with Crippen LogP contribution in [0.3, 0.4) is 0 Å². The Bertz CT molecular complexity index is 1570. The van der Waals surface area contributed by atoms with Crippen LogP contribution in [0.5, 0.6) is 0 Å². The number of amides is 2. The Morgan fingerprint density at radius 1 is 0.974 bits per heavy atom. The van der Waals surface area contributed by atoms with E-state index in [9.17, 15) is 14.0 Å². The number of fused-ring (bicyclic) bond motifs is 3. The van der Waals surface area contributed by atoms with E-state index in [0.29, 0.717) is 25.2 Å². The second-order valence-electron chi connectivity index (χ2n) is 11.1. The highest BCUT2D eigenvalue weighted by molar-refractivity contribution is 6.46. The number of aliphatic imine (C=N–C) groups is 1. The number of pyridine rings is 1. The minimum atomic E-state index is -0.598. The first kappa shape index (κ1) is 23.9. The standard InChI is InChI=1S/C32H29FN4O2/c33-26-11-3-2-9-24(26)27-29(38)37(32(36-27)14-4-1-5-15-32)17-7-8-21-12-13-22-19-31(20-23(22)18-21)25-10-6-16-34-28(25)35-30(31)39/h2-3,6-13,16,18H,1,4-5,14-15,17,19-20H2,(H,34,35,39). The molecule has 2 aliphatic carbocycles. The Labute approximate surface area is 226 Å². The van der Waals surface area contributed by atoms with Gasteiger partial charge in [-0.2, -0.15) is 0 Å². The predicted octanol–water partition coefficient (Wildman–Crippen LogP) is 5.21. The predicted molar refractivity (Wildman–Crippen MR) is 148 cm³/mol. The van der Waals surface area contributed by atoms with Crippen LogP contribution < -0.4 is 5.32 Å². The fourth-order valence-corrected chi connectivity index (χ4v) is 6.90. The third-order valence-corrected chi connectivity index (χ3v) is 8.86. The zero-order chi connectivity index (χ0) is 26.6. The summed E-state index contributed by atoms with van der Waals surface area (Å²) < 4.78 is 14.6. The second-order valence-corrected chi connectivity index (χ2v) is 11.1. The van der Waals surface area contributed by atoms with Crippen molar-refractivity contribution in [2.45, 2.75) is 56.0 Å². The zero-order valence-corrected chi connectivity index (χ0v) is 21.6. The van der Waals surface area contributed by atoms with E-state index >= 15 is 0 Å². The molecule has 39 heavy (non-hydrogen) atoms. The summed E-state index contributed by atoms with van der Waals surface area (Å²) in [6.07, 6.45) is 11.8. The molecule has 0 bridgehead atoms. The number of hydrogen-bond donors (Lipinski definition) is 1. The molecule has 2 amide bonds. The molecule has 3 aromatic rings. The Hall–Kier alpha value is -4.13. The fourth-order valence-electron chi connectivity index (χ4n) is 6.90. The number of carbonyl (C=O) groups is 2. The number of anilines is 1. The average molecular weight is 521 g/mol. The quantitative estimate of drug-likeness (QED) is 0.513. The monoisotopic (exact) mass is 520 g/mol. The number of carbonyl (C=O) groups excluding carboxylic acids is 2. The number of rotatable bonds is 4. The molecule has 196 valence electrons. The van der Waals surface area contributed by atoms with Gasteiger partial charge in [0, 0.05) is 23.9 Å². The van der Waals surface area contributed by atoms with E-state index in [2.05, 4.69) is 28.5 Å². The Morgan fingerprint density at radius 3 is 2.64 bits per heavy atom. The normalized spacial score (nSPS) is 23.0. The molecule has 2 aromatic carbocycles. The molecule has 1 saturated carbocycles. The molecule has 0 radical (unpaired) electrons. The minimum absolute atomic E-state index is 0.0143. The van der Waals surface area contributed by atoms with Crippen LogP contribution in [0.4, 0.5) is 10.2 Å². The van der Waals surface area contributed by atoms with Gasteiger partial charge in [-0.1, -0.05) is 55.0 Å². The van der Waals surface area contributed by atoms with Gasteiger partial charge in [-0.3, -0.25) is 14.6 Å². The van der Waals surface area contributed by atoms with Gasteiger partial charge in [0.15, 0.2) is 0 Å². The van der Waals surface area contributed by atoms with Crippen molar-refractivity contribution in [3.63, 3.8) is 0 Å². The van der Waals surface area contributed by atoms with Gasteiger partial charge in [-0.15, -0.1) is 0 Å². The molecular formula is C32H29FN4O2. The number of hydrogen-bond acceptors (Lipinski definition) is 4. The van der Waals surface area contributed by atoms with E-state index in [1.807, 2.05) is 29.2 Å². The maximum Gasteiger partial charge on any atom is 0.275 e. The number of nitrogens with one attached hydrogen (secondary N) is 1. The van der Waals surface area contributed by atoms with Crippen LogP contribution in [0.1, 0.15) is 59.9 Å². The summed E-state index contributed by atoms with van der Waals surface area (Å²) in [7, 11) is 0. The maximum atomic E-state index is 14.6. The van der Waals surface area contributed by atoms with E-state index in [4.69, 9.17) is 4.99 Å². The SMILES string of the molecule is O=C1C(c2ccccc2F)=NC2(CCCCC2)N1CC=Cc1ccc2c(c1)CC1(C2)C(=O)Nc2ncccc21. The summed E-state index contributed by atoms with van der Waals surface area (Å²) in [5.74, 6) is 0.0556. The van der Waals surface area contributed by atoms with Gasteiger partial charge in [-0.05, 0) is 73.4 Å². The molecule has 3 heterocycles. The lowest BCUT2D eigenvalue weighted by Gasteiger charge is -2.38. The van der Waals surface area contributed by atoms with Crippen molar-refractivity contribution < 1.29 is 14.0 Å². The average Bonchev–Trinajstić information content (AvgIpc) is 3.55. The van der Waals surface area contributed by atoms with Gasteiger partial charge in [0.05, 0.1) is 5.41 Å². The van der Waals surface area contributed by atoms with Crippen LogP contribution in [0.2, 0.25) is 0 Å². The maximum absolute atomic E-state index is 14.6. The summed E-state index contributed by atoms with van der Waals surface area (Å²) in [5.41, 5.74) is 3.65. The van der Waals surface area contributed by atoms with Crippen molar-refractivity contribution in [2.24, 2.45) is 4.99 Å². The van der Waals surface area contributed by atoms with Crippen LogP contribution in [0, 0.1) is 5.82 Å². The molecule has 7 heteroatoms. The van der Waals surface area contributed by atoms with Crippen LogP contribution >= 0.6 is 0 Å². The molecule has 6 nitrogen and oxygen atoms in total. The molecular weight excluding hydrogens is 491 g/mol. The molecule has 1 atom stereocenters. The second kappa shape index (κ2) is 8.97. The van der Waals surface area contributed by atoms with Gasteiger partial charge >= 0.3 is 0 Å². The van der Waals surface area contributed by atoms with Gasteiger partial charge in [0.25, 0.3) is 5.91 Å². The Kier molecular flexibility index (Phi) is 5.51. The largest absolute Gasteiger partial charge is 0.310 e. The number of aromatic nitrogens is 1. The van der Waals surface area contributed by atoms with E-state index in [-0.39, 0.29) is 23.1 Å². The molecule has 1 N–H and O–H groups in total. The first-order chi connectivity index (χ1) is 19.0. The molecule has 2 spiro atoms. The van der Waals surface area contributed by atoms with Crippen molar-refractivity contribution >= 4 is 29.4 Å². The first-order valence-electron chi connectivity index (χ1n) is 13.7. The van der Waals surface area contributed by atoms with E-state index in [1.54, 1.807) is 24.4 Å². The highest BCUT2D eigenvalue weighted by atomic mass is 19.1. The van der Waals surface area contributed by atoms with E-state index in [1.165, 1.54) is 11.6 Å². The molecule has 1 unspecified atom stereocenters. The van der Waals surface area contributed by atoms with Gasteiger partial charge in [-0.25, -0.2) is 9.37 Å². The lowest BCUT2D eigenvalue weighted by atomic mass is 9.79. The van der Waals surface area contributed by atoms with E-state index in [0.717, 1.165) is 48.8 Å². The summed E-state index contributed by atoms with van der Waals surface area (Å²) in [4.78, 5) is 37.6. The lowest BCUT2D eigenvalue weighted by Crippen LogP contribution is -2.48. The molecule has 2 aliphatic heterocycles. The van der Waals surface area contributed by atoms with Crippen molar-refractivity contribution in [1.29, 1.82) is 0 Å². The topological polar surface area (TPSA) is 74.7 Å². The van der Waals surface area contributed by atoms with Crippen molar-refractivity contribution in [1.82, 2.24) is 9.88 Å². The zero-order valence-electron chi connectivity index (χ0n) is 21.6. The molecule has 0 saturated heterocycles.